The summed E-state index contributed by atoms with van der Waals surface area (Å²) in [6.45, 7) is 6.33. The summed E-state index contributed by atoms with van der Waals surface area (Å²) in [6.07, 6.45) is 1.02. The lowest BCUT2D eigenvalue weighted by molar-refractivity contribution is -0.137. The Morgan fingerprint density at radius 3 is 2.74 bits per heavy atom. The molecule has 3 aromatic carbocycles. The van der Waals surface area contributed by atoms with Gasteiger partial charge in [0.1, 0.15) is 24.2 Å². The molecule has 6 rings (SSSR count). The first-order valence-electron chi connectivity index (χ1n) is 13.3. The third-order valence-corrected chi connectivity index (χ3v) is 8.19. The molecular formula is C30H31ClN4O4. The molecule has 0 aliphatic carbocycles. The van der Waals surface area contributed by atoms with E-state index in [2.05, 4.69) is 28.5 Å². The molecule has 1 aromatic heterocycles. The molecule has 3 heterocycles. The molecule has 0 saturated carbocycles. The molecule has 3 atom stereocenters. The van der Waals surface area contributed by atoms with Crippen molar-refractivity contribution in [2.75, 3.05) is 7.11 Å². The number of carbonyl (C=O) groups excluding carboxylic acids is 2. The Morgan fingerprint density at radius 1 is 1.15 bits per heavy atom. The highest BCUT2D eigenvalue weighted by molar-refractivity contribution is 6.30. The van der Waals surface area contributed by atoms with E-state index in [0.717, 1.165) is 62.9 Å². The Bertz CT molecular complexity index is 1610. The van der Waals surface area contributed by atoms with Gasteiger partial charge < -0.3 is 24.7 Å². The number of methoxy groups -OCH3 is 1. The Kier molecular flexibility index (Phi) is 6.38. The van der Waals surface area contributed by atoms with Gasteiger partial charge in [0.05, 0.1) is 24.2 Å². The molecule has 1 fully saturated rings. The van der Waals surface area contributed by atoms with Crippen LogP contribution in [0, 0.1) is 5.92 Å². The van der Waals surface area contributed by atoms with Gasteiger partial charge in [0.2, 0.25) is 5.91 Å². The fraction of sp³-hybridized carbons (Fsp3) is 0.367. The maximum absolute atomic E-state index is 13.7. The van der Waals surface area contributed by atoms with E-state index in [0.29, 0.717) is 11.6 Å². The van der Waals surface area contributed by atoms with Gasteiger partial charge in [-0.15, -0.1) is 0 Å². The SMILES string of the molecule is COC(=O)NC(C(=O)N1C(C)CC[C@H]1c1nc2c(ccc3cc4c(cc32)OCc2cc(Cl)ccc2-4)[nH]1)C(C)C. The van der Waals surface area contributed by atoms with Gasteiger partial charge in [0, 0.05) is 22.0 Å². The summed E-state index contributed by atoms with van der Waals surface area (Å²) in [7, 11) is 1.30. The molecule has 202 valence electrons. The number of alkyl carbamates (subject to hydrolysis) is 1. The first-order valence-corrected chi connectivity index (χ1v) is 13.7. The zero-order valence-electron chi connectivity index (χ0n) is 22.4. The maximum Gasteiger partial charge on any atom is 0.407 e. The van der Waals surface area contributed by atoms with Crippen LogP contribution in [0.1, 0.15) is 51.0 Å². The molecule has 2 N–H and O–H groups in total. The maximum atomic E-state index is 13.7. The minimum atomic E-state index is -0.688. The summed E-state index contributed by atoms with van der Waals surface area (Å²) in [6, 6.07) is 13.3. The van der Waals surface area contributed by atoms with Crippen LogP contribution in [0.15, 0.2) is 42.5 Å². The molecule has 4 aromatic rings. The minimum absolute atomic E-state index is 0.0159. The molecule has 0 bridgehead atoms. The highest BCUT2D eigenvalue weighted by atomic mass is 35.5. The molecule has 0 radical (unpaired) electrons. The van der Waals surface area contributed by atoms with Crippen molar-refractivity contribution in [1.29, 1.82) is 0 Å². The number of aromatic amines is 1. The number of nitrogens with zero attached hydrogens (tertiary/aromatic N) is 2. The second kappa shape index (κ2) is 9.75. The van der Waals surface area contributed by atoms with Crippen LogP contribution in [-0.2, 0) is 16.1 Å². The molecule has 8 nitrogen and oxygen atoms in total. The van der Waals surface area contributed by atoms with Crippen molar-refractivity contribution in [3.05, 3.63) is 58.9 Å². The molecule has 0 spiro atoms. The van der Waals surface area contributed by atoms with Crippen LogP contribution in [0.25, 0.3) is 32.9 Å². The molecule has 2 unspecified atom stereocenters. The van der Waals surface area contributed by atoms with Gasteiger partial charge >= 0.3 is 6.09 Å². The Labute approximate surface area is 231 Å². The van der Waals surface area contributed by atoms with Crippen LogP contribution in [0.3, 0.4) is 0 Å². The number of H-pyrrole nitrogens is 1. The fourth-order valence-electron chi connectivity index (χ4n) is 5.92. The topological polar surface area (TPSA) is 96.6 Å². The van der Waals surface area contributed by atoms with E-state index >= 15 is 0 Å². The second-order valence-corrected chi connectivity index (χ2v) is 11.2. The summed E-state index contributed by atoms with van der Waals surface area (Å²) in [5, 5.41) is 5.46. The second-order valence-electron chi connectivity index (χ2n) is 10.8. The van der Waals surface area contributed by atoms with Crippen molar-refractivity contribution in [2.24, 2.45) is 5.92 Å². The average molecular weight is 547 g/mol. The van der Waals surface area contributed by atoms with E-state index in [1.807, 2.05) is 49.9 Å². The molecule has 2 aliphatic rings. The molecule has 2 aliphatic heterocycles. The van der Waals surface area contributed by atoms with E-state index in [-0.39, 0.29) is 23.9 Å². The Morgan fingerprint density at radius 2 is 1.97 bits per heavy atom. The Hall–Kier alpha value is -3.78. The molecule has 2 amide bonds. The largest absolute Gasteiger partial charge is 0.488 e. The number of amides is 2. The van der Waals surface area contributed by atoms with Crippen molar-refractivity contribution >= 4 is 45.4 Å². The van der Waals surface area contributed by atoms with Crippen molar-refractivity contribution in [3.8, 4) is 16.9 Å². The van der Waals surface area contributed by atoms with Crippen molar-refractivity contribution in [1.82, 2.24) is 20.2 Å². The van der Waals surface area contributed by atoms with E-state index in [4.69, 9.17) is 26.1 Å². The van der Waals surface area contributed by atoms with Gasteiger partial charge in [0.15, 0.2) is 0 Å². The van der Waals surface area contributed by atoms with Gasteiger partial charge in [-0.25, -0.2) is 9.78 Å². The molecular weight excluding hydrogens is 516 g/mol. The van der Waals surface area contributed by atoms with Crippen LogP contribution < -0.4 is 10.1 Å². The lowest BCUT2D eigenvalue weighted by atomic mass is 9.94. The summed E-state index contributed by atoms with van der Waals surface area (Å²) < 4.78 is 10.9. The third-order valence-electron chi connectivity index (χ3n) is 7.96. The number of imidazole rings is 1. The normalized spacial score (nSPS) is 19.1. The smallest absolute Gasteiger partial charge is 0.407 e. The number of likely N-dealkylation sites (tertiary alicyclic amines) is 1. The lowest BCUT2D eigenvalue weighted by Gasteiger charge is -2.32. The van der Waals surface area contributed by atoms with Crippen LogP contribution in [0.2, 0.25) is 5.02 Å². The number of hydrogen-bond acceptors (Lipinski definition) is 5. The minimum Gasteiger partial charge on any atom is -0.488 e. The number of aromatic nitrogens is 2. The number of nitrogens with one attached hydrogen (secondary N) is 2. The Balaban J connectivity index is 1.38. The van der Waals surface area contributed by atoms with Gasteiger partial charge in [0.25, 0.3) is 0 Å². The number of halogens is 1. The third kappa shape index (κ3) is 4.36. The average Bonchev–Trinajstić information content (AvgIpc) is 3.53. The number of fused-ring (bicyclic) bond motifs is 6. The molecule has 39 heavy (non-hydrogen) atoms. The van der Waals surface area contributed by atoms with Gasteiger partial charge in [-0.05, 0) is 72.5 Å². The van der Waals surface area contributed by atoms with Crippen molar-refractivity contribution in [3.63, 3.8) is 0 Å². The van der Waals surface area contributed by atoms with Crippen LogP contribution >= 0.6 is 11.6 Å². The van der Waals surface area contributed by atoms with E-state index in [1.165, 1.54) is 7.11 Å². The number of rotatable bonds is 4. The summed E-state index contributed by atoms with van der Waals surface area (Å²) in [5.41, 5.74) is 4.98. The highest BCUT2D eigenvalue weighted by Gasteiger charge is 2.41. The first-order chi connectivity index (χ1) is 18.7. The zero-order valence-corrected chi connectivity index (χ0v) is 23.1. The fourth-order valence-corrected chi connectivity index (χ4v) is 6.11. The van der Waals surface area contributed by atoms with Crippen molar-refractivity contribution < 1.29 is 19.1 Å². The quantitative estimate of drug-likeness (QED) is 0.310. The summed E-state index contributed by atoms with van der Waals surface area (Å²) in [5.74, 6) is 1.33. The monoisotopic (exact) mass is 546 g/mol. The van der Waals surface area contributed by atoms with Crippen LogP contribution in [-0.4, -0.2) is 46.1 Å². The zero-order chi connectivity index (χ0) is 27.4. The summed E-state index contributed by atoms with van der Waals surface area (Å²) in [4.78, 5) is 36.1. The van der Waals surface area contributed by atoms with Gasteiger partial charge in [-0.2, -0.15) is 0 Å². The highest BCUT2D eigenvalue weighted by Crippen LogP contribution is 2.43. The van der Waals surface area contributed by atoms with Crippen molar-refractivity contribution in [2.45, 2.75) is 58.3 Å². The van der Waals surface area contributed by atoms with Gasteiger partial charge in [-0.1, -0.05) is 37.6 Å². The predicted molar refractivity (Wildman–Crippen MR) is 151 cm³/mol. The molecule has 1 saturated heterocycles. The van der Waals surface area contributed by atoms with Crippen LogP contribution in [0.5, 0.6) is 5.75 Å². The number of carbonyl (C=O) groups is 2. The number of hydrogen-bond donors (Lipinski definition) is 2. The molecule has 9 heteroatoms. The van der Waals surface area contributed by atoms with Gasteiger partial charge in [-0.3, -0.25) is 4.79 Å². The number of benzene rings is 3. The lowest BCUT2D eigenvalue weighted by Crippen LogP contribution is -2.52. The van der Waals surface area contributed by atoms with E-state index < -0.39 is 12.1 Å². The van der Waals surface area contributed by atoms with Crippen LogP contribution in [0.4, 0.5) is 4.79 Å². The van der Waals surface area contributed by atoms with E-state index in [1.54, 1.807) is 0 Å². The van der Waals surface area contributed by atoms with E-state index in [9.17, 15) is 9.59 Å². The first kappa shape index (κ1) is 25.5. The number of ether oxygens (including phenoxy) is 2. The standard InChI is InChI=1S/C30H31ClN4O4/c1-15(2)26(34-30(37)38-4)29(36)35-16(3)5-10-24(35)28-32-23-9-6-17-12-22-20-8-7-19(31)11-18(20)14-39-25(22)13-21(17)27(23)33-28/h6-9,11-13,15-16,24,26H,5,10,14H2,1-4H3,(H,32,33)(H,34,37)/t16?,24-,26?/m0/s1. The predicted octanol–water partition coefficient (Wildman–Crippen LogP) is 6.36. The summed E-state index contributed by atoms with van der Waals surface area (Å²) >= 11 is 6.20.